The van der Waals surface area contributed by atoms with Crippen LogP contribution in [0.1, 0.15) is 10.5 Å². The summed E-state index contributed by atoms with van der Waals surface area (Å²) >= 11 is 0. The molecule has 3 aromatic rings. The predicted molar refractivity (Wildman–Crippen MR) is 94.3 cm³/mol. The third kappa shape index (κ3) is 2.44. The van der Waals surface area contributed by atoms with E-state index in [0.29, 0.717) is 5.69 Å². The van der Waals surface area contributed by atoms with Crippen LogP contribution in [0.5, 0.6) is 0 Å². The van der Waals surface area contributed by atoms with Gasteiger partial charge < -0.3 is 14.8 Å². The van der Waals surface area contributed by atoms with Gasteiger partial charge in [0.2, 0.25) is 0 Å². The number of hydrogen-bond donors (Lipinski definition) is 1. The van der Waals surface area contributed by atoms with E-state index in [1.54, 1.807) is 17.3 Å². The minimum Gasteiger partial charge on any atom is -0.353 e. The van der Waals surface area contributed by atoms with Crippen molar-refractivity contribution in [2.45, 2.75) is 6.54 Å². The van der Waals surface area contributed by atoms with Gasteiger partial charge in [0.05, 0.1) is 5.69 Å². The molecule has 1 aliphatic rings. The van der Waals surface area contributed by atoms with Crippen LogP contribution < -0.4 is 5.32 Å². The summed E-state index contributed by atoms with van der Waals surface area (Å²) in [5.41, 5.74) is 4.58. The van der Waals surface area contributed by atoms with Crippen LogP contribution in [0.15, 0.2) is 61.1 Å². The molecule has 0 unspecified atom stereocenters. The smallest absolute Gasteiger partial charge is 0.272 e. The van der Waals surface area contributed by atoms with Gasteiger partial charge in [0, 0.05) is 50.0 Å². The van der Waals surface area contributed by atoms with Crippen molar-refractivity contribution < 1.29 is 4.79 Å². The lowest BCUT2D eigenvalue weighted by Gasteiger charge is -2.25. The van der Waals surface area contributed by atoms with Crippen LogP contribution in [0, 0.1) is 0 Å². The molecule has 1 aliphatic heterocycles. The van der Waals surface area contributed by atoms with Crippen LogP contribution in [0.2, 0.25) is 0 Å². The van der Waals surface area contributed by atoms with Gasteiger partial charge in [-0.2, -0.15) is 0 Å². The average Bonchev–Trinajstić information content (AvgIpc) is 2.99. The lowest BCUT2D eigenvalue weighted by molar-refractivity contribution is 0.0750. The van der Waals surface area contributed by atoms with Gasteiger partial charge in [-0.3, -0.25) is 9.78 Å². The van der Waals surface area contributed by atoms with Gasteiger partial charge >= 0.3 is 0 Å². The van der Waals surface area contributed by atoms with Crippen molar-refractivity contribution in [3.05, 3.63) is 66.7 Å². The minimum atomic E-state index is 0.0417. The fourth-order valence-electron chi connectivity index (χ4n) is 3.05. The highest BCUT2D eigenvalue weighted by atomic mass is 16.2. The van der Waals surface area contributed by atoms with E-state index >= 15 is 0 Å². The number of nitrogens with zero attached hydrogens (tertiary/aromatic N) is 3. The monoisotopic (exact) mass is 318 g/mol. The number of hydrogen-bond acceptors (Lipinski definition) is 3. The van der Waals surface area contributed by atoms with Crippen molar-refractivity contribution in [3.63, 3.8) is 0 Å². The Balaban J connectivity index is 1.88. The molecular formula is C19H18N4O. The standard InChI is InChI=1S/C19H18N4O/c1-22-11-12-23-13-16(14-7-9-20-10-8-14)17(18(23)19(22)24)21-15-5-3-2-4-6-15/h2-10,13,21H,11-12H2,1H3. The molecule has 0 bridgehead atoms. The van der Waals surface area contributed by atoms with Gasteiger partial charge in [-0.25, -0.2) is 0 Å². The van der Waals surface area contributed by atoms with Crippen molar-refractivity contribution in [3.8, 4) is 11.1 Å². The van der Waals surface area contributed by atoms with Crippen LogP contribution in [0.4, 0.5) is 11.4 Å². The van der Waals surface area contributed by atoms with Crippen molar-refractivity contribution in [2.24, 2.45) is 0 Å². The summed E-state index contributed by atoms with van der Waals surface area (Å²) in [5.74, 6) is 0.0417. The molecule has 4 rings (SSSR count). The Morgan fingerprint density at radius 1 is 1.04 bits per heavy atom. The van der Waals surface area contributed by atoms with E-state index in [2.05, 4.69) is 16.5 Å². The second-order valence-electron chi connectivity index (χ2n) is 5.91. The van der Waals surface area contributed by atoms with Crippen LogP contribution in [-0.2, 0) is 6.54 Å². The number of fused-ring (bicyclic) bond motifs is 1. The molecule has 5 heteroatoms. The number of amides is 1. The number of nitrogens with one attached hydrogen (secondary N) is 1. The van der Waals surface area contributed by atoms with E-state index in [1.807, 2.05) is 54.1 Å². The molecule has 1 amide bonds. The third-order valence-corrected chi connectivity index (χ3v) is 4.34. The number of pyridine rings is 1. The molecular weight excluding hydrogens is 300 g/mol. The average molecular weight is 318 g/mol. The van der Waals surface area contributed by atoms with Gasteiger partial charge in [-0.1, -0.05) is 18.2 Å². The molecule has 1 N–H and O–H groups in total. The molecule has 0 fully saturated rings. The third-order valence-electron chi connectivity index (χ3n) is 4.34. The van der Waals surface area contributed by atoms with Crippen LogP contribution in [-0.4, -0.2) is 34.0 Å². The molecule has 0 radical (unpaired) electrons. The molecule has 0 saturated heterocycles. The first kappa shape index (κ1) is 14.5. The zero-order valence-corrected chi connectivity index (χ0v) is 13.4. The van der Waals surface area contributed by atoms with Crippen molar-refractivity contribution in [1.82, 2.24) is 14.5 Å². The zero-order valence-electron chi connectivity index (χ0n) is 13.4. The second kappa shape index (κ2) is 5.85. The first-order chi connectivity index (χ1) is 11.7. The Morgan fingerprint density at radius 3 is 2.54 bits per heavy atom. The Kier molecular flexibility index (Phi) is 3.54. The number of aromatic nitrogens is 2. The lowest BCUT2D eigenvalue weighted by atomic mass is 10.1. The van der Waals surface area contributed by atoms with E-state index < -0.39 is 0 Å². The molecule has 5 nitrogen and oxygen atoms in total. The molecule has 3 heterocycles. The van der Waals surface area contributed by atoms with Crippen LogP contribution in [0.25, 0.3) is 11.1 Å². The molecule has 2 aromatic heterocycles. The fourth-order valence-corrected chi connectivity index (χ4v) is 3.05. The Bertz CT molecular complexity index is 871. The fraction of sp³-hybridized carbons (Fsp3) is 0.158. The van der Waals surface area contributed by atoms with E-state index in [4.69, 9.17) is 0 Å². The topological polar surface area (TPSA) is 50.2 Å². The lowest BCUT2D eigenvalue weighted by Crippen LogP contribution is -2.37. The Labute approximate surface area is 140 Å². The molecule has 0 spiro atoms. The van der Waals surface area contributed by atoms with Crippen molar-refractivity contribution in [1.29, 1.82) is 0 Å². The maximum atomic E-state index is 12.7. The summed E-state index contributed by atoms with van der Waals surface area (Å²) in [7, 11) is 1.84. The maximum Gasteiger partial charge on any atom is 0.272 e. The molecule has 0 saturated carbocycles. The Hall–Kier alpha value is -3.08. The van der Waals surface area contributed by atoms with Gasteiger partial charge in [0.1, 0.15) is 5.69 Å². The van der Waals surface area contributed by atoms with Gasteiger partial charge in [-0.15, -0.1) is 0 Å². The molecule has 0 aliphatic carbocycles. The van der Waals surface area contributed by atoms with Crippen LogP contribution >= 0.6 is 0 Å². The van der Waals surface area contributed by atoms with Crippen molar-refractivity contribution >= 4 is 17.3 Å². The number of rotatable bonds is 3. The number of para-hydroxylation sites is 1. The second-order valence-corrected chi connectivity index (χ2v) is 5.91. The summed E-state index contributed by atoms with van der Waals surface area (Å²) in [6.07, 6.45) is 5.60. The highest BCUT2D eigenvalue weighted by Crippen LogP contribution is 2.36. The van der Waals surface area contributed by atoms with Crippen molar-refractivity contribution in [2.75, 3.05) is 18.9 Å². The first-order valence-electron chi connectivity index (χ1n) is 7.95. The summed E-state index contributed by atoms with van der Waals surface area (Å²) in [5, 5.41) is 3.44. The molecule has 120 valence electrons. The van der Waals surface area contributed by atoms with E-state index in [0.717, 1.165) is 35.6 Å². The quantitative estimate of drug-likeness (QED) is 0.805. The number of likely N-dealkylation sites (N-methyl/N-ethyl adjacent to an activating group) is 1. The number of carbonyl (C=O) groups is 1. The summed E-state index contributed by atoms with van der Waals surface area (Å²) in [6, 6.07) is 13.9. The largest absolute Gasteiger partial charge is 0.353 e. The summed E-state index contributed by atoms with van der Waals surface area (Å²) in [6.45, 7) is 1.52. The highest BCUT2D eigenvalue weighted by molar-refractivity contribution is 6.03. The maximum absolute atomic E-state index is 12.7. The van der Waals surface area contributed by atoms with Gasteiger partial charge in [-0.05, 0) is 29.8 Å². The van der Waals surface area contributed by atoms with Crippen LogP contribution in [0.3, 0.4) is 0 Å². The highest BCUT2D eigenvalue weighted by Gasteiger charge is 2.28. The molecule has 1 aromatic carbocycles. The SMILES string of the molecule is CN1CCn2cc(-c3ccncc3)c(Nc3ccccc3)c2C1=O. The molecule has 0 atom stereocenters. The van der Waals surface area contributed by atoms with E-state index in [9.17, 15) is 4.79 Å². The van der Waals surface area contributed by atoms with E-state index in [1.165, 1.54) is 0 Å². The first-order valence-corrected chi connectivity index (χ1v) is 7.95. The van der Waals surface area contributed by atoms with E-state index in [-0.39, 0.29) is 5.91 Å². The zero-order chi connectivity index (χ0) is 16.5. The van der Waals surface area contributed by atoms with Gasteiger partial charge in [0.25, 0.3) is 5.91 Å². The van der Waals surface area contributed by atoms with Gasteiger partial charge in [0.15, 0.2) is 0 Å². The minimum absolute atomic E-state index is 0.0417. The number of benzene rings is 1. The molecule has 24 heavy (non-hydrogen) atoms. The summed E-state index contributed by atoms with van der Waals surface area (Å²) in [4.78, 5) is 18.6. The predicted octanol–water partition coefficient (Wildman–Crippen LogP) is 3.38. The normalized spacial score (nSPS) is 13.7. The Morgan fingerprint density at radius 2 is 1.79 bits per heavy atom. The number of anilines is 2. The number of carbonyl (C=O) groups excluding carboxylic acids is 1. The summed E-state index contributed by atoms with van der Waals surface area (Å²) < 4.78 is 2.05.